The zero-order chi connectivity index (χ0) is 11.5. The van der Waals surface area contributed by atoms with Gasteiger partial charge in [-0.2, -0.15) is 0 Å². The third-order valence-electron chi connectivity index (χ3n) is 2.24. The summed E-state index contributed by atoms with van der Waals surface area (Å²) >= 11 is 0. The predicted octanol–water partition coefficient (Wildman–Crippen LogP) is 1.94. The fraction of sp³-hybridized carbons (Fsp3) is 0. The van der Waals surface area contributed by atoms with Crippen LogP contribution in [0.3, 0.4) is 0 Å². The van der Waals surface area contributed by atoms with Crippen molar-refractivity contribution in [2.45, 2.75) is 0 Å². The second-order valence-corrected chi connectivity index (χ2v) is 3.30. The largest absolute Gasteiger partial charge is 0.478 e. The van der Waals surface area contributed by atoms with Crippen molar-refractivity contribution in [2.24, 2.45) is 0 Å². The van der Waals surface area contributed by atoms with E-state index in [2.05, 4.69) is 4.98 Å². The molecule has 0 aliphatic carbocycles. The Bertz CT molecular complexity index is 512. The molecule has 1 aromatic heterocycles. The zero-order valence-corrected chi connectivity index (χ0v) is 8.31. The van der Waals surface area contributed by atoms with Crippen molar-refractivity contribution in [3.63, 3.8) is 0 Å². The quantitative estimate of drug-likeness (QED) is 0.768. The highest BCUT2D eigenvalue weighted by Gasteiger charge is 2.10. The van der Waals surface area contributed by atoms with Gasteiger partial charge in [0, 0.05) is 11.8 Å². The molecule has 0 fully saturated rings. The van der Waals surface area contributed by atoms with Crippen LogP contribution in [0.5, 0.6) is 0 Å². The van der Waals surface area contributed by atoms with Crippen LogP contribution in [0.2, 0.25) is 0 Å². The molecule has 2 rings (SSSR count). The van der Waals surface area contributed by atoms with E-state index in [0.717, 1.165) is 0 Å². The highest BCUT2D eigenvalue weighted by Crippen LogP contribution is 2.09. The van der Waals surface area contributed by atoms with Crippen molar-refractivity contribution in [1.82, 2.24) is 4.98 Å². The second kappa shape index (κ2) is 4.02. The Morgan fingerprint density at radius 2 is 1.62 bits per heavy atom. The van der Waals surface area contributed by atoms with Crippen LogP contribution in [-0.4, -0.2) is 21.8 Å². The van der Waals surface area contributed by atoms with Crippen molar-refractivity contribution in [1.29, 1.82) is 0 Å². The highest BCUT2D eigenvalue weighted by molar-refractivity contribution is 6.08. The first kappa shape index (κ1) is 10.2. The van der Waals surface area contributed by atoms with Gasteiger partial charge in [-0.15, -0.1) is 0 Å². The van der Waals surface area contributed by atoms with E-state index < -0.39 is 5.97 Å². The van der Waals surface area contributed by atoms with Gasteiger partial charge < -0.3 is 10.1 Å². The molecule has 1 aromatic carbocycles. The number of aromatic carboxylic acids is 1. The van der Waals surface area contributed by atoms with E-state index >= 15 is 0 Å². The molecule has 0 spiro atoms. The molecule has 0 radical (unpaired) electrons. The number of aromatic amines is 1. The standard InChI is InChI=1S/C12H9NO3/c14-11(10-2-1-7-13-10)8-3-5-9(6-4-8)12(15)16/h1-7,13H,(H,15,16). The van der Waals surface area contributed by atoms with E-state index in [4.69, 9.17) is 5.11 Å². The van der Waals surface area contributed by atoms with Gasteiger partial charge in [0.25, 0.3) is 0 Å². The van der Waals surface area contributed by atoms with Gasteiger partial charge in [-0.25, -0.2) is 4.79 Å². The fourth-order valence-electron chi connectivity index (χ4n) is 1.39. The van der Waals surface area contributed by atoms with E-state index in [-0.39, 0.29) is 11.3 Å². The summed E-state index contributed by atoms with van der Waals surface area (Å²) in [4.78, 5) is 25.2. The Morgan fingerprint density at radius 1 is 1.00 bits per heavy atom. The molecule has 0 atom stereocenters. The van der Waals surface area contributed by atoms with Crippen LogP contribution in [-0.2, 0) is 0 Å². The first-order chi connectivity index (χ1) is 7.68. The molecule has 2 aromatic rings. The number of carbonyl (C=O) groups excluding carboxylic acids is 1. The SMILES string of the molecule is O=C(O)c1ccc(C(=O)c2ccc[nH]2)cc1. The monoisotopic (exact) mass is 215 g/mol. The molecule has 0 aliphatic rings. The maximum atomic E-state index is 11.8. The van der Waals surface area contributed by atoms with Crippen LogP contribution >= 0.6 is 0 Å². The molecule has 0 bridgehead atoms. The summed E-state index contributed by atoms with van der Waals surface area (Å²) in [5.41, 5.74) is 1.12. The Labute approximate surface area is 91.5 Å². The highest BCUT2D eigenvalue weighted by atomic mass is 16.4. The minimum absolute atomic E-state index is 0.151. The number of carbonyl (C=O) groups is 2. The van der Waals surface area contributed by atoms with Crippen LogP contribution in [0.1, 0.15) is 26.4 Å². The van der Waals surface area contributed by atoms with E-state index in [1.165, 1.54) is 24.3 Å². The molecule has 1 heterocycles. The van der Waals surface area contributed by atoms with Crippen LogP contribution in [0, 0.1) is 0 Å². The molecular weight excluding hydrogens is 206 g/mol. The lowest BCUT2D eigenvalue weighted by molar-refractivity contribution is 0.0696. The van der Waals surface area contributed by atoms with E-state index in [9.17, 15) is 9.59 Å². The molecule has 16 heavy (non-hydrogen) atoms. The number of benzene rings is 1. The third-order valence-corrected chi connectivity index (χ3v) is 2.24. The molecule has 4 heteroatoms. The average molecular weight is 215 g/mol. The van der Waals surface area contributed by atoms with Crippen LogP contribution in [0.15, 0.2) is 42.6 Å². The average Bonchev–Trinajstić information content (AvgIpc) is 2.81. The van der Waals surface area contributed by atoms with Gasteiger partial charge in [-0.3, -0.25) is 4.79 Å². The number of rotatable bonds is 3. The third kappa shape index (κ3) is 1.86. The molecule has 0 aliphatic heterocycles. The van der Waals surface area contributed by atoms with Gasteiger partial charge in [0.05, 0.1) is 11.3 Å². The molecule has 4 nitrogen and oxygen atoms in total. The molecule has 0 saturated carbocycles. The normalized spacial score (nSPS) is 10.0. The summed E-state index contributed by atoms with van der Waals surface area (Å²) in [5.74, 6) is -1.15. The molecule has 80 valence electrons. The smallest absolute Gasteiger partial charge is 0.335 e. The fourth-order valence-corrected chi connectivity index (χ4v) is 1.39. The number of carboxylic acid groups (broad SMARTS) is 1. The van der Waals surface area contributed by atoms with Crippen molar-refractivity contribution in [3.8, 4) is 0 Å². The zero-order valence-electron chi connectivity index (χ0n) is 8.31. The molecule has 0 amide bonds. The summed E-state index contributed by atoms with van der Waals surface area (Å²) in [6.07, 6.45) is 1.67. The van der Waals surface area contributed by atoms with Crippen molar-refractivity contribution < 1.29 is 14.7 Å². The van der Waals surface area contributed by atoms with Gasteiger partial charge >= 0.3 is 5.97 Å². The van der Waals surface area contributed by atoms with Gasteiger partial charge in [0.15, 0.2) is 0 Å². The lowest BCUT2D eigenvalue weighted by atomic mass is 10.1. The Morgan fingerprint density at radius 3 is 2.12 bits per heavy atom. The number of carboxylic acids is 1. The number of H-pyrrole nitrogens is 1. The maximum Gasteiger partial charge on any atom is 0.335 e. The predicted molar refractivity (Wildman–Crippen MR) is 57.6 cm³/mol. The van der Waals surface area contributed by atoms with Gasteiger partial charge in [0.2, 0.25) is 5.78 Å². The molecule has 0 saturated heterocycles. The summed E-state index contributed by atoms with van der Waals surface area (Å²) in [5, 5.41) is 8.71. The molecule has 2 N–H and O–H groups in total. The van der Waals surface area contributed by atoms with Crippen LogP contribution < -0.4 is 0 Å². The van der Waals surface area contributed by atoms with Gasteiger partial charge in [-0.05, 0) is 24.3 Å². The Balaban J connectivity index is 2.29. The van der Waals surface area contributed by atoms with E-state index in [0.29, 0.717) is 11.3 Å². The minimum atomic E-state index is -1.00. The number of nitrogens with one attached hydrogen (secondary N) is 1. The van der Waals surface area contributed by atoms with Crippen LogP contribution in [0.25, 0.3) is 0 Å². The lowest BCUT2D eigenvalue weighted by Crippen LogP contribution is -2.03. The first-order valence-corrected chi connectivity index (χ1v) is 4.70. The van der Waals surface area contributed by atoms with Crippen molar-refractivity contribution in [2.75, 3.05) is 0 Å². The number of hydrogen-bond donors (Lipinski definition) is 2. The first-order valence-electron chi connectivity index (χ1n) is 4.70. The number of hydrogen-bond acceptors (Lipinski definition) is 2. The molecular formula is C12H9NO3. The van der Waals surface area contributed by atoms with E-state index in [1.54, 1.807) is 18.3 Å². The van der Waals surface area contributed by atoms with Gasteiger partial charge in [0.1, 0.15) is 0 Å². The van der Waals surface area contributed by atoms with Crippen molar-refractivity contribution in [3.05, 3.63) is 59.4 Å². The topological polar surface area (TPSA) is 70.2 Å². The maximum absolute atomic E-state index is 11.8. The Kier molecular flexibility index (Phi) is 2.55. The lowest BCUT2D eigenvalue weighted by Gasteiger charge is -1.99. The minimum Gasteiger partial charge on any atom is -0.478 e. The van der Waals surface area contributed by atoms with Crippen molar-refractivity contribution >= 4 is 11.8 Å². The summed E-state index contributed by atoms with van der Waals surface area (Å²) in [6, 6.07) is 9.25. The molecule has 0 unspecified atom stereocenters. The van der Waals surface area contributed by atoms with Crippen LogP contribution in [0.4, 0.5) is 0 Å². The van der Waals surface area contributed by atoms with Gasteiger partial charge in [-0.1, -0.05) is 12.1 Å². The summed E-state index contributed by atoms with van der Waals surface area (Å²) in [7, 11) is 0. The number of aromatic nitrogens is 1. The van der Waals surface area contributed by atoms with E-state index in [1.807, 2.05) is 0 Å². The summed E-state index contributed by atoms with van der Waals surface area (Å²) in [6.45, 7) is 0. The summed E-state index contributed by atoms with van der Waals surface area (Å²) < 4.78 is 0. The number of ketones is 1. The Hall–Kier alpha value is -2.36. The second-order valence-electron chi connectivity index (χ2n) is 3.30.